The second kappa shape index (κ2) is 13.2. The Kier molecular flexibility index (Phi) is 9.73. The molecule has 3 aliphatic heterocycles. The van der Waals surface area contributed by atoms with Gasteiger partial charge in [-0.1, -0.05) is 32.0 Å². The van der Waals surface area contributed by atoms with E-state index in [0.29, 0.717) is 53.2 Å². The first-order valence-electron chi connectivity index (χ1n) is 14.7. The molecule has 0 aliphatic carbocycles. The lowest BCUT2D eigenvalue weighted by Crippen LogP contribution is -2.44. The number of carbonyl (C=O) groups is 2. The normalized spacial score (nSPS) is 24.4. The summed E-state index contributed by atoms with van der Waals surface area (Å²) in [7, 11) is 3.50. The van der Waals surface area contributed by atoms with Crippen LogP contribution in [0.3, 0.4) is 0 Å². The third-order valence-electron chi connectivity index (χ3n) is 8.55. The third kappa shape index (κ3) is 6.01. The number of likely N-dealkylation sites (tertiary alicyclic amines) is 1. The summed E-state index contributed by atoms with van der Waals surface area (Å²) < 4.78 is 28.0. The minimum atomic E-state index is -0.702. The second-order valence-electron chi connectivity index (χ2n) is 11.2. The molecule has 0 spiro atoms. The average molecular weight is 732 g/mol. The number of hydrogen-bond acceptors (Lipinski definition) is 9. The van der Waals surface area contributed by atoms with Gasteiger partial charge in [0.05, 0.1) is 11.4 Å². The van der Waals surface area contributed by atoms with Gasteiger partial charge in [0.2, 0.25) is 23.6 Å². The van der Waals surface area contributed by atoms with Crippen LogP contribution in [0.25, 0.3) is 22.4 Å². The summed E-state index contributed by atoms with van der Waals surface area (Å²) in [6, 6.07) is 13.4. The van der Waals surface area contributed by atoms with Gasteiger partial charge in [-0.25, -0.2) is 4.39 Å². The van der Waals surface area contributed by atoms with E-state index >= 15 is 4.39 Å². The summed E-state index contributed by atoms with van der Waals surface area (Å²) in [5, 5.41) is 10.7. The van der Waals surface area contributed by atoms with E-state index in [1.165, 1.54) is 0 Å². The lowest BCUT2D eigenvalue weighted by atomic mass is 9.80. The number of amides is 2. The molecule has 2 aromatic heterocycles. The van der Waals surface area contributed by atoms with Gasteiger partial charge in [-0.2, -0.15) is 0 Å². The van der Waals surface area contributed by atoms with Crippen LogP contribution in [0.1, 0.15) is 68.5 Å². The van der Waals surface area contributed by atoms with Gasteiger partial charge in [-0.05, 0) is 76.4 Å². The highest BCUT2D eigenvalue weighted by molar-refractivity contribution is 14.2. The number of nitrogens with zero attached hydrogens (tertiary/aromatic N) is 4. The molecule has 3 unspecified atom stereocenters. The Morgan fingerprint density at radius 1 is 1.14 bits per heavy atom. The molecular weight excluding hydrogens is 696 g/mol. The van der Waals surface area contributed by atoms with E-state index < -0.39 is 17.1 Å². The van der Waals surface area contributed by atoms with Gasteiger partial charge in [0.25, 0.3) is 0 Å². The number of epoxide rings is 1. The fraction of sp³-hybridized carbons (Fsp3) is 0.406. The van der Waals surface area contributed by atoms with Crippen LogP contribution in [0.5, 0.6) is 0 Å². The number of aryl methyl sites for hydroxylation is 1. The standard InChI is InChI=1S/C30H28FN5O4.C2H6.HIS/c1-17-34-35-28(39-17)19-5-3-18(4-6-19)15-36-12-11-30(29(2,16-36)40-30)23-8-9-24-22(26(23)31)13-20(14-32-24)21-7-10-25(37)33-27(21)38;2*1-2/h3-6,8-9,13-14,21H,7,10-12,15-16H2,1-2H3,(H,33,37,38);1-2H3;2H. The Hall–Kier alpha value is -2.94. The van der Waals surface area contributed by atoms with Crippen molar-refractivity contribution in [2.24, 2.45) is 0 Å². The summed E-state index contributed by atoms with van der Waals surface area (Å²) >= 11 is 1.84. The molecule has 44 heavy (non-hydrogen) atoms. The minimum Gasteiger partial charge on any atom is -0.421 e. The molecule has 3 fully saturated rings. The first-order valence-corrected chi connectivity index (χ1v) is 17.9. The molecule has 1 N–H and O–H groups in total. The van der Waals surface area contributed by atoms with Crippen molar-refractivity contribution in [1.82, 2.24) is 25.4 Å². The molecule has 2 amide bonds. The van der Waals surface area contributed by atoms with E-state index in [2.05, 4.69) is 47.3 Å². The molecule has 5 heterocycles. The van der Waals surface area contributed by atoms with Crippen molar-refractivity contribution >= 4 is 53.7 Å². The number of nitrogens with one attached hydrogen (secondary N) is 1. The van der Waals surface area contributed by atoms with Gasteiger partial charge in [-0.3, -0.25) is 24.8 Å². The molecule has 3 atom stereocenters. The van der Waals surface area contributed by atoms with Crippen LogP contribution < -0.4 is 5.32 Å². The van der Waals surface area contributed by atoms with Crippen molar-refractivity contribution in [2.75, 3.05) is 13.1 Å². The van der Waals surface area contributed by atoms with Crippen LogP contribution >= 0.6 is 31.0 Å². The highest BCUT2D eigenvalue weighted by atomic mass is 127. The number of halogens is 2. The number of pyridine rings is 1. The maximum Gasteiger partial charge on any atom is 0.247 e. The molecule has 3 saturated heterocycles. The van der Waals surface area contributed by atoms with Crippen LogP contribution in [0, 0.1) is 12.7 Å². The number of thiol groups is 1. The number of rotatable bonds is 5. The van der Waals surface area contributed by atoms with Gasteiger partial charge >= 0.3 is 0 Å². The van der Waals surface area contributed by atoms with E-state index in [9.17, 15) is 9.59 Å². The van der Waals surface area contributed by atoms with Crippen molar-refractivity contribution < 1.29 is 23.1 Å². The first kappa shape index (κ1) is 32.5. The maximum absolute atomic E-state index is 16.1. The highest BCUT2D eigenvalue weighted by Crippen LogP contribution is 2.61. The van der Waals surface area contributed by atoms with Crippen molar-refractivity contribution in [3.05, 3.63) is 77.1 Å². The SMILES string of the molecule is CC.Cc1nnc(-c2ccc(CN3CCC4(c5ccc6ncc(C7CCC(=O)NC7=O)cc6c5F)OC4(C)C3)cc2)o1.SI. The van der Waals surface area contributed by atoms with E-state index in [-0.39, 0.29) is 24.1 Å². The van der Waals surface area contributed by atoms with Crippen LogP contribution in [-0.4, -0.2) is 50.6 Å². The summed E-state index contributed by atoms with van der Waals surface area (Å²) in [5.41, 5.74) is 2.47. The lowest BCUT2D eigenvalue weighted by molar-refractivity contribution is -0.134. The van der Waals surface area contributed by atoms with Crippen LogP contribution in [0.15, 0.2) is 53.1 Å². The summed E-state index contributed by atoms with van der Waals surface area (Å²) in [6.07, 6.45) is 2.90. The smallest absolute Gasteiger partial charge is 0.247 e. The van der Waals surface area contributed by atoms with E-state index in [0.717, 1.165) is 24.2 Å². The average Bonchev–Trinajstić information content (AvgIpc) is 3.44. The Labute approximate surface area is 273 Å². The Bertz CT molecular complexity index is 1690. The largest absolute Gasteiger partial charge is 0.421 e. The maximum atomic E-state index is 16.1. The molecule has 2 aromatic carbocycles. The minimum absolute atomic E-state index is 0.255. The van der Waals surface area contributed by atoms with Gasteiger partial charge in [0, 0.05) is 55.7 Å². The van der Waals surface area contributed by atoms with Crippen LogP contribution in [0.4, 0.5) is 4.39 Å². The molecule has 4 aromatic rings. The van der Waals surface area contributed by atoms with Crippen molar-refractivity contribution in [3.63, 3.8) is 0 Å². The van der Waals surface area contributed by atoms with Crippen molar-refractivity contribution in [3.8, 4) is 11.5 Å². The van der Waals surface area contributed by atoms with Gasteiger partial charge < -0.3 is 9.15 Å². The molecule has 7 rings (SSSR count). The number of carbonyl (C=O) groups excluding carboxylic acids is 2. The molecule has 0 radical (unpaired) electrons. The predicted molar refractivity (Wildman–Crippen MR) is 177 cm³/mol. The molecule has 0 saturated carbocycles. The lowest BCUT2D eigenvalue weighted by Gasteiger charge is -2.33. The van der Waals surface area contributed by atoms with Crippen LogP contribution in [0.2, 0.25) is 0 Å². The monoisotopic (exact) mass is 731 g/mol. The van der Waals surface area contributed by atoms with E-state index in [4.69, 9.17) is 9.15 Å². The Balaban J connectivity index is 0.000000924. The molecular formula is C32H35FIN5O4S. The zero-order valence-corrected chi connectivity index (χ0v) is 28.1. The van der Waals surface area contributed by atoms with Crippen molar-refractivity contribution in [1.29, 1.82) is 0 Å². The molecule has 3 aliphatic rings. The second-order valence-corrected chi connectivity index (χ2v) is 11.2. The van der Waals surface area contributed by atoms with Crippen LogP contribution in [-0.2, 0) is 26.5 Å². The van der Waals surface area contributed by atoms with Crippen molar-refractivity contribution in [2.45, 2.75) is 70.6 Å². The zero-order chi connectivity index (χ0) is 31.6. The number of fused-ring (bicyclic) bond motifs is 2. The molecule has 9 nitrogen and oxygen atoms in total. The summed E-state index contributed by atoms with van der Waals surface area (Å²) in [5.74, 6) is -0.493. The van der Waals surface area contributed by atoms with Gasteiger partial charge in [0.1, 0.15) is 17.0 Å². The zero-order valence-electron chi connectivity index (χ0n) is 25.1. The Morgan fingerprint density at radius 3 is 2.55 bits per heavy atom. The van der Waals surface area contributed by atoms with Gasteiger partial charge in [0.15, 0.2) is 0 Å². The number of imide groups is 1. The van der Waals surface area contributed by atoms with Gasteiger partial charge in [-0.15, -0.1) is 20.0 Å². The quantitative estimate of drug-likeness (QED) is 0.105. The number of piperidine rings is 2. The fourth-order valence-corrected chi connectivity index (χ4v) is 6.38. The predicted octanol–water partition coefficient (Wildman–Crippen LogP) is 6.44. The fourth-order valence-electron chi connectivity index (χ4n) is 6.38. The van der Waals surface area contributed by atoms with E-state index in [1.54, 1.807) is 25.3 Å². The molecule has 232 valence electrons. The molecule has 12 heteroatoms. The number of aromatic nitrogens is 3. The first-order chi connectivity index (χ1) is 21.2. The number of ether oxygens (including phenoxy) is 1. The molecule has 0 bridgehead atoms. The van der Waals surface area contributed by atoms with E-state index in [1.807, 2.05) is 60.2 Å². The summed E-state index contributed by atoms with van der Waals surface area (Å²) in [6.45, 7) is 9.98. The summed E-state index contributed by atoms with van der Waals surface area (Å²) in [4.78, 5) is 30.7. The third-order valence-corrected chi connectivity index (χ3v) is 8.55. The Morgan fingerprint density at radius 2 is 1.89 bits per heavy atom. The number of benzene rings is 2. The topological polar surface area (TPSA) is 114 Å². The number of hydrogen-bond donors (Lipinski definition) is 2. The highest BCUT2D eigenvalue weighted by Gasteiger charge is 2.70.